The van der Waals surface area contributed by atoms with Crippen LogP contribution in [-0.2, 0) is 0 Å². The van der Waals surface area contributed by atoms with E-state index in [1.54, 1.807) is 48.2 Å². The zero-order valence-corrected chi connectivity index (χ0v) is 16.4. The van der Waals surface area contributed by atoms with Gasteiger partial charge in [0.05, 0.1) is 12.6 Å². The molecule has 0 saturated carbocycles. The second-order valence-electron chi connectivity index (χ2n) is 6.28. The summed E-state index contributed by atoms with van der Waals surface area (Å²) in [5.74, 6) is 1.11. The van der Waals surface area contributed by atoms with Gasteiger partial charge in [-0.25, -0.2) is 4.39 Å². The van der Waals surface area contributed by atoms with Crippen LogP contribution in [0.5, 0.6) is 5.75 Å². The van der Waals surface area contributed by atoms with Crippen LogP contribution in [0.25, 0.3) is 0 Å². The van der Waals surface area contributed by atoms with E-state index < -0.39 is 0 Å². The third-order valence-corrected chi connectivity index (χ3v) is 5.17. The van der Waals surface area contributed by atoms with Crippen molar-refractivity contribution in [2.75, 3.05) is 12.4 Å². The molecule has 0 radical (unpaired) electrons. The molecular weight excluding hydrogens is 373 g/mol. The topological polar surface area (TPSA) is 38.3 Å². The Kier molecular flexibility index (Phi) is 7.09. The number of amides is 1. The van der Waals surface area contributed by atoms with E-state index in [-0.39, 0.29) is 17.8 Å². The maximum absolute atomic E-state index is 13.0. The molecule has 144 valence electrons. The van der Waals surface area contributed by atoms with Crippen molar-refractivity contribution in [1.82, 2.24) is 5.32 Å². The summed E-state index contributed by atoms with van der Waals surface area (Å²) in [6, 6.07) is 23.2. The highest BCUT2D eigenvalue weighted by Crippen LogP contribution is 2.19. The van der Waals surface area contributed by atoms with Crippen molar-refractivity contribution in [2.45, 2.75) is 17.9 Å². The van der Waals surface area contributed by atoms with Gasteiger partial charge in [-0.2, -0.15) is 0 Å². The third kappa shape index (κ3) is 5.86. The maximum atomic E-state index is 13.0. The zero-order valence-electron chi connectivity index (χ0n) is 15.6. The predicted molar refractivity (Wildman–Crippen MR) is 111 cm³/mol. The minimum Gasteiger partial charge on any atom is -0.493 e. The van der Waals surface area contributed by atoms with Crippen LogP contribution >= 0.6 is 11.8 Å². The molecule has 3 aromatic carbocycles. The molecule has 28 heavy (non-hydrogen) atoms. The highest BCUT2D eigenvalue weighted by atomic mass is 32.2. The van der Waals surface area contributed by atoms with E-state index in [9.17, 15) is 9.18 Å². The number of ether oxygens (including phenoxy) is 1. The van der Waals surface area contributed by atoms with Gasteiger partial charge >= 0.3 is 0 Å². The molecule has 0 spiro atoms. The molecule has 1 N–H and O–H groups in total. The molecule has 0 aliphatic rings. The Morgan fingerprint density at radius 3 is 2.36 bits per heavy atom. The number of nitrogens with one attached hydrogen (secondary N) is 1. The maximum Gasteiger partial charge on any atom is 0.251 e. The van der Waals surface area contributed by atoms with Gasteiger partial charge in [-0.1, -0.05) is 30.3 Å². The quantitative estimate of drug-likeness (QED) is 0.405. The highest BCUT2D eigenvalue weighted by Gasteiger charge is 2.11. The van der Waals surface area contributed by atoms with Crippen molar-refractivity contribution in [3.05, 3.63) is 95.8 Å². The summed E-state index contributed by atoms with van der Waals surface area (Å²) < 4.78 is 18.7. The lowest BCUT2D eigenvalue weighted by Crippen LogP contribution is -2.26. The molecule has 0 heterocycles. The Bertz CT molecular complexity index is 883. The van der Waals surface area contributed by atoms with E-state index in [1.807, 2.05) is 25.1 Å². The van der Waals surface area contributed by atoms with E-state index in [2.05, 4.69) is 17.4 Å². The van der Waals surface area contributed by atoms with E-state index in [0.29, 0.717) is 12.2 Å². The summed E-state index contributed by atoms with van der Waals surface area (Å²) in [6.45, 7) is 2.46. The van der Waals surface area contributed by atoms with Crippen LogP contribution in [0.3, 0.4) is 0 Å². The van der Waals surface area contributed by atoms with Crippen molar-refractivity contribution in [1.29, 1.82) is 0 Å². The molecule has 0 aromatic heterocycles. The monoisotopic (exact) mass is 395 g/mol. The summed E-state index contributed by atoms with van der Waals surface area (Å²) in [5, 5.41) is 2.92. The molecule has 0 aliphatic carbocycles. The predicted octanol–water partition coefficient (Wildman–Crippen LogP) is 5.49. The first-order valence-corrected chi connectivity index (χ1v) is 10.1. The second-order valence-corrected chi connectivity index (χ2v) is 7.45. The highest BCUT2D eigenvalue weighted by molar-refractivity contribution is 7.99. The van der Waals surface area contributed by atoms with Crippen molar-refractivity contribution < 1.29 is 13.9 Å². The largest absolute Gasteiger partial charge is 0.493 e. The van der Waals surface area contributed by atoms with Crippen LogP contribution in [-0.4, -0.2) is 18.3 Å². The molecule has 1 unspecified atom stereocenters. The average molecular weight is 395 g/mol. The standard InChI is InChI=1S/C23H22FNO2S/c1-17(18-7-11-20(24)12-8-18)25-23(26)19-9-13-21(14-10-19)27-15-16-28-22-5-3-2-4-6-22/h2-14,17H,15-16H2,1H3,(H,25,26). The van der Waals surface area contributed by atoms with Crippen molar-refractivity contribution in [3.63, 3.8) is 0 Å². The molecule has 3 aromatic rings. The molecular formula is C23H22FNO2S. The lowest BCUT2D eigenvalue weighted by molar-refractivity contribution is 0.0940. The zero-order chi connectivity index (χ0) is 19.8. The number of halogens is 1. The number of carbonyl (C=O) groups excluding carboxylic acids is 1. The second kappa shape index (κ2) is 9.95. The van der Waals surface area contributed by atoms with Gasteiger partial charge in [0, 0.05) is 16.2 Å². The van der Waals surface area contributed by atoms with Crippen LogP contribution in [0.4, 0.5) is 4.39 Å². The molecule has 3 nitrogen and oxygen atoms in total. The molecule has 0 fully saturated rings. The van der Waals surface area contributed by atoms with Gasteiger partial charge in [0.25, 0.3) is 5.91 Å². The minimum absolute atomic E-state index is 0.178. The van der Waals surface area contributed by atoms with E-state index in [0.717, 1.165) is 17.1 Å². The first kappa shape index (κ1) is 20.0. The van der Waals surface area contributed by atoms with E-state index >= 15 is 0 Å². The van der Waals surface area contributed by atoms with Gasteiger partial charge in [0.2, 0.25) is 0 Å². The summed E-state index contributed by atoms with van der Waals surface area (Å²) in [6.07, 6.45) is 0. The fraction of sp³-hybridized carbons (Fsp3) is 0.174. The Morgan fingerprint density at radius 1 is 1.00 bits per heavy atom. The number of hydrogen-bond acceptors (Lipinski definition) is 3. The van der Waals surface area contributed by atoms with Gasteiger partial charge in [-0.05, 0) is 61.0 Å². The molecule has 0 aliphatic heterocycles. The van der Waals surface area contributed by atoms with Crippen LogP contribution in [0.15, 0.2) is 83.8 Å². The number of carbonyl (C=O) groups is 1. The van der Waals surface area contributed by atoms with Crippen molar-refractivity contribution in [2.24, 2.45) is 0 Å². The summed E-state index contributed by atoms with van der Waals surface area (Å²) in [7, 11) is 0. The van der Waals surface area contributed by atoms with Crippen molar-refractivity contribution >= 4 is 17.7 Å². The average Bonchev–Trinajstić information content (AvgIpc) is 2.73. The fourth-order valence-electron chi connectivity index (χ4n) is 2.65. The fourth-order valence-corrected chi connectivity index (χ4v) is 3.41. The number of thioether (sulfide) groups is 1. The lowest BCUT2D eigenvalue weighted by Gasteiger charge is -2.14. The molecule has 1 amide bonds. The van der Waals surface area contributed by atoms with Gasteiger partial charge < -0.3 is 10.1 Å². The van der Waals surface area contributed by atoms with E-state index in [1.165, 1.54) is 17.0 Å². The van der Waals surface area contributed by atoms with Crippen LogP contribution in [0.1, 0.15) is 28.9 Å². The SMILES string of the molecule is CC(NC(=O)c1ccc(OCCSc2ccccc2)cc1)c1ccc(F)cc1. The number of rotatable bonds is 8. The molecule has 0 bridgehead atoms. The molecule has 0 saturated heterocycles. The Balaban J connectivity index is 1.46. The van der Waals surface area contributed by atoms with Crippen LogP contribution < -0.4 is 10.1 Å². The van der Waals surface area contributed by atoms with Crippen LogP contribution in [0, 0.1) is 5.82 Å². The lowest BCUT2D eigenvalue weighted by atomic mass is 10.1. The smallest absolute Gasteiger partial charge is 0.251 e. The molecule has 5 heteroatoms. The first-order valence-electron chi connectivity index (χ1n) is 9.09. The van der Waals surface area contributed by atoms with Gasteiger partial charge in [-0.15, -0.1) is 11.8 Å². The Hall–Kier alpha value is -2.79. The Labute approximate surface area is 168 Å². The summed E-state index contributed by atoms with van der Waals surface area (Å²) in [5.41, 5.74) is 1.41. The van der Waals surface area contributed by atoms with Crippen LogP contribution in [0.2, 0.25) is 0 Å². The molecule has 1 atom stereocenters. The third-order valence-electron chi connectivity index (χ3n) is 4.20. The summed E-state index contributed by atoms with van der Waals surface area (Å²) in [4.78, 5) is 13.6. The summed E-state index contributed by atoms with van der Waals surface area (Å²) >= 11 is 1.74. The van der Waals surface area contributed by atoms with E-state index in [4.69, 9.17) is 4.74 Å². The first-order chi connectivity index (χ1) is 13.6. The van der Waals surface area contributed by atoms with Gasteiger partial charge in [0.15, 0.2) is 0 Å². The number of hydrogen-bond donors (Lipinski definition) is 1. The molecule has 3 rings (SSSR count). The Morgan fingerprint density at radius 2 is 1.68 bits per heavy atom. The van der Waals surface area contributed by atoms with Crippen molar-refractivity contribution in [3.8, 4) is 5.75 Å². The van der Waals surface area contributed by atoms with Gasteiger partial charge in [0.1, 0.15) is 11.6 Å². The van der Waals surface area contributed by atoms with Gasteiger partial charge in [-0.3, -0.25) is 4.79 Å². The number of benzene rings is 3. The normalized spacial score (nSPS) is 11.6. The minimum atomic E-state index is -0.292.